The minimum Gasteiger partial charge on any atom is -0.481 e. The summed E-state index contributed by atoms with van der Waals surface area (Å²) in [4.78, 5) is 23.3. The molecule has 0 aliphatic carbocycles. The number of nitrogens with one attached hydrogen (secondary N) is 2. The van der Waals surface area contributed by atoms with E-state index in [4.69, 9.17) is 9.84 Å². The molecule has 3 atom stereocenters. The van der Waals surface area contributed by atoms with Crippen molar-refractivity contribution >= 4 is 19.8 Å². The first-order valence-electron chi connectivity index (χ1n) is 9.32. The summed E-state index contributed by atoms with van der Waals surface area (Å²) in [5.74, 6) is -1.99. The Balaban J connectivity index is 2.06. The number of carboxylic acid groups (broad SMARTS) is 1. The van der Waals surface area contributed by atoms with Crippen molar-refractivity contribution in [3.05, 3.63) is 71.8 Å². The fourth-order valence-electron chi connectivity index (χ4n) is 2.78. The van der Waals surface area contributed by atoms with Crippen molar-refractivity contribution < 1.29 is 24.0 Å². The normalized spacial score (nSPS) is 13.3. The number of ether oxygens (including phenoxy) is 1. The van der Waals surface area contributed by atoms with Crippen LogP contribution >= 0.6 is 7.95 Å². The minimum absolute atomic E-state index is 0.00956. The van der Waals surface area contributed by atoms with Gasteiger partial charge in [0.2, 0.25) is 5.91 Å². The van der Waals surface area contributed by atoms with Gasteiger partial charge in [0.05, 0.1) is 6.42 Å². The Bertz CT molecular complexity index is 801. The Labute approximate surface area is 171 Å². The zero-order valence-corrected chi connectivity index (χ0v) is 17.2. The monoisotopic (exact) mass is 417 g/mol. The van der Waals surface area contributed by atoms with Gasteiger partial charge in [-0.3, -0.25) is 9.59 Å². The quantitative estimate of drug-likeness (QED) is 0.459. The summed E-state index contributed by atoms with van der Waals surface area (Å²) >= 11 is 0. The molecule has 29 heavy (non-hydrogen) atoms. The Morgan fingerprint density at radius 2 is 1.55 bits per heavy atom. The van der Waals surface area contributed by atoms with Gasteiger partial charge in [-0.1, -0.05) is 65.8 Å². The first-order valence-corrected chi connectivity index (χ1v) is 10.6. The number of methoxy groups -OCH3 is 1. The molecule has 7 nitrogen and oxygen atoms in total. The predicted octanol–water partition coefficient (Wildman–Crippen LogP) is 2.74. The van der Waals surface area contributed by atoms with E-state index >= 15 is 0 Å². The highest BCUT2D eigenvalue weighted by Crippen LogP contribution is 2.28. The predicted molar refractivity (Wildman–Crippen MR) is 111 cm³/mol. The van der Waals surface area contributed by atoms with Gasteiger partial charge in [0.15, 0.2) is 0 Å². The molecule has 2 rings (SSSR count). The molecule has 0 heterocycles. The van der Waals surface area contributed by atoms with Crippen LogP contribution in [0.15, 0.2) is 60.7 Å². The summed E-state index contributed by atoms with van der Waals surface area (Å²) in [6, 6.07) is 18.1. The molecule has 0 fully saturated rings. The summed E-state index contributed by atoms with van der Waals surface area (Å²) in [6.45, 7) is 0.00956. The Morgan fingerprint density at radius 1 is 1.00 bits per heavy atom. The standard InChI is InChI=1S/C21H25N2O5P/c1-28-20(15-17-10-6-3-7-11-17)29(27)23-18(14-16-8-4-2-5-9-16)21(26)22-13-12-19(24)25/h2-11,18,20H,12-15H2,1H3,(H2-,22,23,24,25,26,27)/p+1/t18?,20-/m0/s1. The van der Waals surface area contributed by atoms with Gasteiger partial charge in [-0.05, 0) is 15.7 Å². The average molecular weight is 417 g/mol. The molecule has 0 aliphatic rings. The lowest BCUT2D eigenvalue weighted by atomic mass is 10.1. The highest BCUT2D eigenvalue weighted by Gasteiger charge is 2.36. The number of hydrogen-bond donors (Lipinski definition) is 3. The number of carbonyl (C=O) groups excluding carboxylic acids is 1. The molecule has 3 N–H and O–H groups in total. The SMILES string of the molecule is CO[C@H](Cc1ccccc1)[P+](=O)NC(Cc1ccccc1)C(=O)NCCC(=O)O. The lowest BCUT2D eigenvalue weighted by Crippen LogP contribution is -2.44. The van der Waals surface area contributed by atoms with Crippen LogP contribution in [0.3, 0.4) is 0 Å². The third-order valence-electron chi connectivity index (χ3n) is 4.31. The third-order valence-corrected chi connectivity index (χ3v) is 5.79. The van der Waals surface area contributed by atoms with Crippen LogP contribution in [-0.2, 0) is 31.7 Å². The summed E-state index contributed by atoms with van der Waals surface area (Å²) in [5, 5.41) is 14.3. The molecule has 154 valence electrons. The first kappa shape index (κ1) is 22.7. The molecule has 0 bridgehead atoms. The van der Waals surface area contributed by atoms with Crippen LogP contribution in [0, 0.1) is 0 Å². The summed E-state index contributed by atoms with van der Waals surface area (Å²) in [7, 11) is -0.575. The Hall–Kier alpha value is -2.60. The van der Waals surface area contributed by atoms with E-state index in [1.807, 2.05) is 60.7 Å². The summed E-state index contributed by atoms with van der Waals surface area (Å²) in [5.41, 5.74) is 1.88. The lowest BCUT2D eigenvalue weighted by Gasteiger charge is -2.15. The highest BCUT2D eigenvalue weighted by molar-refractivity contribution is 7.43. The van der Waals surface area contributed by atoms with Gasteiger partial charge in [0.1, 0.15) is 6.04 Å². The number of carboxylic acids is 1. The van der Waals surface area contributed by atoms with Crippen molar-refractivity contribution in [3.8, 4) is 0 Å². The molecule has 0 aromatic heterocycles. The van der Waals surface area contributed by atoms with Crippen LogP contribution in [0.5, 0.6) is 0 Å². The van der Waals surface area contributed by atoms with Gasteiger partial charge in [0.25, 0.3) is 5.85 Å². The zero-order chi connectivity index (χ0) is 21.1. The maximum Gasteiger partial charge on any atom is 0.465 e. The summed E-state index contributed by atoms with van der Waals surface area (Å²) < 4.78 is 18.3. The van der Waals surface area contributed by atoms with E-state index in [0.717, 1.165) is 11.1 Å². The van der Waals surface area contributed by atoms with Crippen molar-refractivity contribution in [3.63, 3.8) is 0 Å². The fraction of sp³-hybridized carbons (Fsp3) is 0.333. The topological polar surface area (TPSA) is 105 Å². The molecule has 0 spiro atoms. The van der Waals surface area contributed by atoms with E-state index in [1.54, 1.807) is 0 Å². The van der Waals surface area contributed by atoms with Crippen molar-refractivity contribution in [2.45, 2.75) is 31.1 Å². The van der Waals surface area contributed by atoms with Crippen LogP contribution in [0.1, 0.15) is 17.5 Å². The number of aliphatic carboxylic acids is 1. The van der Waals surface area contributed by atoms with Crippen molar-refractivity contribution in [1.82, 2.24) is 10.4 Å². The zero-order valence-electron chi connectivity index (χ0n) is 16.3. The smallest absolute Gasteiger partial charge is 0.465 e. The van der Waals surface area contributed by atoms with Crippen molar-refractivity contribution in [2.75, 3.05) is 13.7 Å². The molecular formula is C21H26N2O5P+. The Morgan fingerprint density at radius 3 is 2.07 bits per heavy atom. The second-order valence-corrected chi connectivity index (χ2v) is 8.00. The first-order chi connectivity index (χ1) is 14.0. The number of carbonyl (C=O) groups is 2. The van der Waals surface area contributed by atoms with Crippen molar-refractivity contribution in [1.29, 1.82) is 0 Å². The molecule has 2 aromatic carbocycles. The van der Waals surface area contributed by atoms with E-state index in [2.05, 4.69) is 10.4 Å². The second-order valence-electron chi connectivity index (χ2n) is 6.51. The molecule has 0 aliphatic heterocycles. The molecule has 2 unspecified atom stereocenters. The van der Waals surface area contributed by atoms with Gasteiger partial charge < -0.3 is 15.2 Å². The molecule has 1 amide bonds. The maximum atomic E-state index is 12.9. The molecule has 8 heteroatoms. The van der Waals surface area contributed by atoms with Crippen LogP contribution in [-0.4, -0.2) is 42.5 Å². The van der Waals surface area contributed by atoms with Crippen LogP contribution in [0.4, 0.5) is 0 Å². The van der Waals surface area contributed by atoms with E-state index in [-0.39, 0.29) is 13.0 Å². The van der Waals surface area contributed by atoms with E-state index in [1.165, 1.54) is 7.11 Å². The maximum absolute atomic E-state index is 12.9. The molecule has 2 aromatic rings. The minimum atomic E-state index is -2.06. The van der Waals surface area contributed by atoms with Crippen LogP contribution < -0.4 is 10.4 Å². The molecular weight excluding hydrogens is 391 g/mol. The lowest BCUT2D eigenvalue weighted by molar-refractivity contribution is -0.137. The van der Waals surface area contributed by atoms with Gasteiger partial charge >= 0.3 is 13.9 Å². The second kappa shape index (κ2) is 12.1. The Kier molecular flexibility index (Phi) is 9.44. The summed E-state index contributed by atoms with van der Waals surface area (Å²) in [6.07, 6.45) is 0.589. The van der Waals surface area contributed by atoms with Crippen LogP contribution in [0.25, 0.3) is 0 Å². The van der Waals surface area contributed by atoms with Crippen LogP contribution in [0.2, 0.25) is 0 Å². The van der Waals surface area contributed by atoms with E-state index in [0.29, 0.717) is 12.8 Å². The van der Waals surface area contributed by atoms with Crippen molar-refractivity contribution in [2.24, 2.45) is 0 Å². The van der Waals surface area contributed by atoms with E-state index in [9.17, 15) is 14.2 Å². The van der Waals surface area contributed by atoms with Gasteiger partial charge in [0, 0.05) is 26.5 Å². The molecule has 0 saturated heterocycles. The van der Waals surface area contributed by atoms with Gasteiger partial charge in [-0.25, -0.2) is 0 Å². The number of amides is 1. The number of benzene rings is 2. The fourth-order valence-corrected chi connectivity index (χ4v) is 4.03. The van der Waals surface area contributed by atoms with Gasteiger partial charge in [-0.2, -0.15) is 0 Å². The largest absolute Gasteiger partial charge is 0.481 e. The number of rotatable bonds is 12. The number of hydrogen-bond acceptors (Lipinski definition) is 4. The molecule has 0 radical (unpaired) electrons. The third kappa shape index (κ3) is 8.11. The molecule has 0 saturated carbocycles. The van der Waals surface area contributed by atoms with E-state index < -0.39 is 31.7 Å². The van der Waals surface area contributed by atoms with Gasteiger partial charge in [-0.15, -0.1) is 0 Å². The average Bonchev–Trinajstić information content (AvgIpc) is 2.72. The highest BCUT2D eigenvalue weighted by atomic mass is 31.1.